The van der Waals surface area contributed by atoms with Crippen LogP contribution in [-0.2, 0) is 19.2 Å². The Labute approximate surface area is 209 Å². The van der Waals surface area contributed by atoms with Crippen LogP contribution in [-0.4, -0.2) is 28.4 Å². The Kier molecular flexibility index (Phi) is 6.18. The van der Waals surface area contributed by atoms with Crippen molar-refractivity contribution in [2.75, 3.05) is 0 Å². The molecule has 5 nitrogen and oxygen atoms in total. The number of carbonyl (C=O) groups is 4. The maximum atomic E-state index is 13.7. The molecule has 0 aliphatic heterocycles. The van der Waals surface area contributed by atoms with Crippen LogP contribution in [0.5, 0.6) is 0 Å². The van der Waals surface area contributed by atoms with Crippen LogP contribution >= 0.6 is 0 Å². The van der Waals surface area contributed by atoms with Crippen LogP contribution in [0.25, 0.3) is 0 Å². The zero-order valence-corrected chi connectivity index (χ0v) is 22.3. The molecule has 4 aliphatic carbocycles. The lowest BCUT2D eigenvalue weighted by molar-refractivity contribution is -0.154. The van der Waals surface area contributed by atoms with E-state index in [0.717, 1.165) is 30.4 Å². The summed E-state index contributed by atoms with van der Waals surface area (Å²) in [6.07, 6.45) is 7.99. The molecule has 1 N–H and O–H groups in total. The number of Topliss-reactive ketones (excluding diaryl/α,β-unsaturated/α-hetero) is 3. The van der Waals surface area contributed by atoms with Gasteiger partial charge in [0.15, 0.2) is 11.6 Å². The van der Waals surface area contributed by atoms with Gasteiger partial charge in [-0.05, 0) is 80.6 Å². The monoisotopic (exact) mass is 480 g/mol. The number of ketones is 3. The van der Waals surface area contributed by atoms with Crippen LogP contribution in [0.4, 0.5) is 0 Å². The van der Waals surface area contributed by atoms with Gasteiger partial charge in [0, 0.05) is 35.3 Å². The second-order valence-electron chi connectivity index (χ2n) is 12.6. The molecule has 0 unspecified atom stereocenters. The smallest absolute Gasteiger partial charge is 0.330 e. The van der Waals surface area contributed by atoms with Crippen LogP contribution < -0.4 is 0 Å². The average molecular weight is 481 g/mol. The molecule has 0 bridgehead atoms. The van der Waals surface area contributed by atoms with Crippen molar-refractivity contribution in [3.8, 4) is 0 Å². The number of aliphatic carboxylic acids is 1. The summed E-state index contributed by atoms with van der Waals surface area (Å²) < 4.78 is 0. The fourth-order valence-electron chi connectivity index (χ4n) is 8.70. The Morgan fingerprint density at radius 3 is 2.29 bits per heavy atom. The molecule has 4 rings (SSSR count). The maximum absolute atomic E-state index is 13.7. The highest BCUT2D eigenvalue weighted by Gasteiger charge is 2.64. The normalized spacial score (nSPS) is 40.2. The maximum Gasteiger partial charge on any atom is 0.330 e. The zero-order valence-electron chi connectivity index (χ0n) is 22.3. The van der Waals surface area contributed by atoms with E-state index in [2.05, 4.69) is 27.7 Å². The summed E-state index contributed by atoms with van der Waals surface area (Å²) in [7, 11) is 0. The van der Waals surface area contributed by atoms with E-state index in [1.54, 1.807) is 13.0 Å². The van der Waals surface area contributed by atoms with Crippen molar-refractivity contribution in [2.24, 2.45) is 39.9 Å². The van der Waals surface area contributed by atoms with Gasteiger partial charge in [-0.25, -0.2) is 4.79 Å². The number of carboxylic acids is 1. The molecular formula is C30H40O5. The first-order valence-corrected chi connectivity index (χ1v) is 13.1. The quantitative estimate of drug-likeness (QED) is 0.507. The lowest BCUT2D eigenvalue weighted by Gasteiger charge is -2.60. The second kappa shape index (κ2) is 8.38. The minimum absolute atomic E-state index is 0.0475. The van der Waals surface area contributed by atoms with Gasteiger partial charge >= 0.3 is 5.97 Å². The lowest BCUT2D eigenvalue weighted by Crippen LogP contribution is -2.56. The third-order valence-corrected chi connectivity index (χ3v) is 10.5. The molecule has 0 heterocycles. The molecule has 0 radical (unpaired) electrons. The minimum Gasteiger partial charge on any atom is -0.478 e. The summed E-state index contributed by atoms with van der Waals surface area (Å²) in [4.78, 5) is 50.5. The molecule has 0 aromatic rings. The van der Waals surface area contributed by atoms with Crippen LogP contribution in [0, 0.1) is 39.9 Å². The molecule has 0 saturated heterocycles. The Morgan fingerprint density at radius 1 is 1.03 bits per heavy atom. The standard InChI is InChI=1S/C30H40O5/c1-16(27(34)35)14-21-19(8-9-20(21)18(3)31)17(2)26-22(32)15-24-29(6)13-11-25(33)28(4,5)23(29)10-12-30(24,26)7/h9,14,19,21,23-24H,8,10-13,15H2,1-7H3,(H,34,35)/b16-14+,26-17-/t19-,21+,23-,24-,29-,30-/m0/s1. The van der Waals surface area contributed by atoms with Gasteiger partial charge in [0.25, 0.3) is 0 Å². The van der Waals surface area contributed by atoms with E-state index in [9.17, 15) is 24.3 Å². The number of fused-ring (bicyclic) bond motifs is 3. The first kappa shape index (κ1) is 25.8. The summed E-state index contributed by atoms with van der Waals surface area (Å²) in [5, 5.41) is 9.48. The van der Waals surface area contributed by atoms with Gasteiger partial charge < -0.3 is 5.11 Å². The van der Waals surface area contributed by atoms with Gasteiger partial charge in [-0.15, -0.1) is 0 Å². The van der Waals surface area contributed by atoms with Gasteiger partial charge in [0.05, 0.1) is 0 Å². The van der Waals surface area contributed by atoms with Crippen molar-refractivity contribution in [2.45, 2.75) is 87.0 Å². The lowest BCUT2D eigenvalue weighted by atomic mass is 9.43. The third kappa shape index (κ3) is 3.72. The van der Waals surface area contributed by atoms with Crippen molar-refractivity contribution >= 4 is 23.3 Å². The second-order valence-corrected chi connectivity index (χ2v) is 12.6. The van der Waals surface area contributed by atoms with Gasteiger partial charge in [-0.1, -0.05) is 45.4 Å². The van der Waals surface area contributed by atoms with Crippen LogP contribution in [0.2, 0.25) is 0 Å². The summed E-state index contributed by atoms with van der Waals surface area (Å²) in [5.74, 6) is -0.458. The van der Waals surface area contributed by atoms with E-state index in [0.29, 0.717) is 30.6 Å². The molecule has 35 heavy (non-hydrogen) atoms. The molecule has 3 fully saturated rings. The van der Waals surface area contributed by atoms with Crippen LogP contribution in [0.15, 0.2) is 34.4 Å². The van der Waals surface area contributed by atoms with E-state index >= 15 is 0 Å². The molecule has 0 spiro atoms. The van der Waals surface area contributed by atoms with Gasteiger partial charge in [-0.2, -0.15) is 0 Å². The molecule has 6 atom stereocenters. The van der Waals surface area contributed by atoms with Gasteiger partial charge in [0.1, 0.15) is 5.78 Å². The molecule has 190 valence electrons. The molecule has 5 heteroatoms. The average Bonchev–Trinajstić information content (AvgIpc) is 3.29. The summed E-state index contributed by atoms with van der Waals surface area (Å²) in [6.45, 7) is 13.9. The molecule has 4 aliphatic rings. The number of hydrogen-bond acceptors (Lipinski definition) is 4. The van der Waals surface area contributed by atoms with E-state index in [1.165, 1.54) is 6.92 Å². The molecule has 3 saturated carbocycles. The van der Waals surface area contributed by atoms with Crippen molar-refractivity contribution in [3.05, 3.63) is 34.4 Å². The van der Waals surface area contributed by atoms with Crippen LogP contribution in [0.1, 0.15) is 87.0 Å². The molecular weight excluding hydrogens is 440 g/mol. The van der Waals surface area contributed by atoms with E-state index < -0.39 is 5.97 Å². The summed E-state index contributed by atoms with van der Waals surface area (Å²) in [6, 6.07) is 0. The first-order chi connectivity index (χ1) is 16.2. The van der Waals surface area contributed by atoms with Crippen LogP contribution in [0.3, 0.4) is 0 Å². The Bertz CT molecular complexity index is 1100. The topological polar surface area (TPSA) is 88.5 Å². The van der Waals surface area contributed by atoms with Crippen molar-refractivity contribution < 1.29 is 24.3 Å². The summed E-state index contributed by atoms with van der Waals surface area (Å²) in [5.41, 5.74) is 2.08. The molecule has 0 aromatic carbocycles. The van der Waals surface area contributed by atoms with Gasteiger partial charge in [-0.3, -0.25) is 14.4 Å². The number of hydrogen-bond donors (Lipinski definition) is 1. The number of allylic oxidation sites excluding steroid dienone is 5. The Balaban J connectivity index is 1.77. The SMILES string of the molecule is CC(=O)C1=CC[C@@H](/C(C)=C2/C(=O)C[C@H]3[C@@]4(C)CCC(=O)C(C)(C)[C@@H]4CC[C@]23C)[C@H]1/C=C(\C)C(=O)O. The highest BCUT2D eigenvalue weighted by molar-refractivity contribution is 6.01. The van der Waals surface area contributed by atoms with E-state index in [1.807, 2.05) is 13.0 Å². The molecule has 0 amide bonds. The highest BCUT2D eigenvalue weighted by atomic mass is 16.4. The van der Waals surface area contributed by atoms with Crippen molar-refractivity contribution in [3.63, 3.8) is 0 Å². The predicted molar refractivity (Wildman–Crippen MR) is 135 cm³/mol. The fraction of sp³-hybridized carbons (Fsp3) is 0.667. The number of carboxylic acid groups (broad SMARTS) is 1. The Hall–Kier alpha value is -2.30. The summed E-state index contributed by atoms with van der Waals surface area (Å²) >= 11 is 0. The number of rotatable bonds is 4. The third-order valence-electron chi connectivity index (χ3n) is 10.5. The number of carbonyl (C=O) groups excluding carboxylic acids is 3. The largest absolute Gasteiger partial charge is 0.478 e. The van der Waals surface area contributed by atoms with Gasteiger partial charge in [0.2, 0.25) is 0 Å². The highest BCUT2D eigenvalue weighted by Crippen LogP contribution is 2.69. The zero-order chi connectivity index (χ0) is 26.1. The fourth-order valence-corrected chi connectivity index (χ4v) is 8.70. The van der Waals surface area contributed by atoms with Crippen molar-refractivity contribution in [1.82, 2.24) is 0 Å². The predicted octanol–water partition coefficient (Wildman–Crippen LogP) is 5.89. The van der Waals surface area contributed by atoms with E-state index in [4.69, 9.17) is 0 Å². The molecule has 0 aromatic heterocycles. The van der Waals surface area contributed by atoms with E-state index in [-0.39, 0.29) is 57.1 Å². The first-order valence-electron chi connectivity index (χ1n) is 13.1. The minimum atomic E-state index is -0.992. The van der Waals surface area contributed by atoms with Crippen molar-refractivity contribution in [1.29, 1.82) is 0 Å². The Morgan fingerprint density at radius 2 is 1.69 bits per heavy atom.